The first-order valence-electron chi connectivity index (χ1n) is 7.65. The Hall–Kier alpha value is -2.77. The van der Waals surface area contributed by atoms with Crippen LogP contribution in [0.5, 0.6) is 0 Å². The molecule has 8 heteroatoms. The number of amides is 1. The largest absolute Gasteiger partial charge is 0.339 e. The van der Waals surface area contributed by atoms with Crippen LogP contribution in [0.4, 0.5) is 0 Å². The molecule has 0 aliphatic carbocycles. The molecule has 4 rings (SSSR count). The second-order valence-corrected chi connectivity index (χ2v) is 5.83. The highest BCUT2D eigenvalue weighted by Crippen LogP contribution is 2.30. The lowest BCUT2D eigenvalue weighted by Gasteiger charge is -2.31. The zero-order chi connectivity index (χ0) is 15.8. The lowest BCUT2D eigenvalue weighted by Crippen LogP contribution is -2.37. The summed E-state index contributed by atoms with van der Waals surface area (Å²) in [7, 11) is 1.81. The van der Waals surface area contributed by atoms with Crippen molar-refractivity contribution in [3.05, 3.63) is 36.0 Å². The van der Waals surface area contributed by atoms with Crippen molar-refractivity contribution in [1.82, 2.24) is 34.8 Å². The van der Waals surface area contributed by atoms with Crippen molar-refractivity contribution in [1.29, 1.82) is 0 Å². The maximum absolute atomic E-state index is 12.4. The van der Waals surface area contributed by atoms with E-state index in [0.717, 1.165) is 37.1 Å². The molecule has 4 heterocycles. The zero-order valence-electron chi connectivity index (χ0n) is 12.8. The minimum atomic E-state index is 0.0470. The molecule has 1 aliphatic heterocycles. The van der Waals surface area contributed by atoms with Gasteiger partial charge in [0.2, 0.25) is 0 Å². The Morgan fingerprint density at radius 1 is 1.26 bits per heavy atom. The highest BCUT2D eigenvalue weighted by atomic mass is 16.2. The fourth-order valence-corrected chi connectivity index (χ4v) is 3.14. The molecular formula is C15H17N7O. The number of likely N-dealkylation sites (tertiary alicyclic amines) is 1. The first-order chi connectivity index (χ1) is 11.2. The van der Waals surface area contributed by atoms with E-state index < -0.39 is 0 Å². The summed E-state index contributed by atoms with van der Waals surface area (Å²) in [6, 6.07) is 0. The van der Waals surface area contributed by atoms with Gasteiger partial charge in [-0.25, -0.2) is 9.97 Å². The van der Waals surface area contributed by atoms with Crippen molar-refractivity contribution in [2.75, 3.05) is 13.1 Å². The Morgan fingerprint density at radius 2 is 2.04 bits per heavy atom. The van der Waals surface area contributed by atoms with Crippen LogP contribution in [0, 0.1) is 0 Å². The average molecular weight is 311 g/mol. The molecule has 1 fully saturated rings. The van der Waals surface area contributed by atoms with Gasteiger partial charge in [0.1, 0.15) is 5.52 Å². The topological polar surface area (TPSA) is 92.6 Å². The number of fused-ring (bicyclic) bond motifs is 1. The minimum Gasteiger partial charge on any atom is -0.339 e. The van der Waals surface area contributed by atoms with E-state index in [9.17, 15) is 4.79 Å². The molecule has 3 aromatic rings. The summed E-state index contributed by atoms with van der Waals surface area (Å²) >= 11 is 0. The molecule has 8 nitrogen and oxygen atoms in total. The van der Waals surface area contributed by atoms with E-state index >= 15 is 0 Å². The molecule has 1 aliphatic rings. The van der Waals surface area contributed by atoms with Gasteiger partial charge in [0.15, 0.2) is 5.65 Å². The highest BCUT2D eigenvalue weighted by Gasteiger charge is 2.27. The molecule has 0 aromatic carbocycles. The number of carbonyl (C=O) groups excluding carboxylic acids is 1. The van der Waals surface area contributed by atoms with Gasteiger partial charge in [-0.05, 0) is 12.8 Å². The lowest BCUT2D eigenvalue weighted by atomic mass is 9.93. The number of hydrogen-bond donors (Lipinski definition) is 1. The first-order valence-corrected chi connectivity index (χ1v) is 7.65. The molecule has 3 aromatic heterocycles. The fourth-order valence-electron chi connectivity index (χ4n) is 3.14. The normalized spacial score (nSPS) is 16.1. The van der Waals surface area contributed by atoms with Gasteiger partial charge in [0.25, 0.3) is 5.91 Å². The van der Waals surface area contributed by atoms with E-state index in [-0.39, 0.29) is 5.91 Å². The zero-order valence-corrected chi connectivity index (χ0v) is 12.8. The molecule has 0 radical (unpaired) electrons. The monoisotopic (exact) mass is 311 g/mol. The smallest absolute Gasteiger partial charge is 0.257 e. The van der Waals surface area contributed by atoms with E-state index in [1.807, 2.05) is 11.9 Å². The number of aromatic nitrogens is 6. The van der Waals surface area contributed by atoms with Gasteiger partial charge in [-0.15, -0.1) is 0 Å². The van der Waals surface area contributed by atoms with Crippen LogP contribution in [0.15, 0.2) is 24.8 Å². The summed E-state index contributed by atoms with van der Waals surface area (Å²) in [6.45, 7) is 1.44. The number of nitrogens with one attached hydrogen (secondary N) is 1. The van der Waals surface area contributed by atoms with Crippen molar-refractivity contribution in [2.24, 2.45) is 7.05 Å². The fraction of sp³-hybridized carbons (Fsp3) is 0.400. The van der Waals surface area contributed by atoms with E-state index in [0.29, 0.717) is 17.1 Å². The second-order valence-electron chi connectivity index (χ2n) is 5.83. The van der Waals surface area contributed by atoms with Gasteiger partial charge in [0.05, 0.1) is 17.5 Å². The quantitative estimate of drug-likeness (QED) is 0.765. The lowest BCUT2D eigenvalue weighted by molar-refractivity contribution is 0.0712. The number of rotatable bonds is 2. The standard InChI is InChI=1S/C15H17N7O/c1-21-9-11(8-18-21)15(23)22-6-2-10(3-7-22)12-13-14(20-19-12)17-5-4-16-13/h4-5,8-10H,2-3,6-7H2,1H3,(H,17,19,20). The molecule has 23 heavy (non-hydrogen) atoms. The average Bonchev–Trinajstić information content (AvgIpc) is 3.21. The van der Waals surface area contributed by atoms with E-state index in [2.05, 4.69) is 25.3 Å². The third-order valence-electron chi connectivity index (χ3n) is 4.36. The van der Waals surface area contributed by atoms with Crippen LogP contribution in [0.25, 0.3) is 11.2 Å². The number of H-pyrrole nitrogens is 1. The second kappa shape index (κ2) is 5.45. The minimum absolute atomic E-state index is 0.0470. The van der Waals surface area contributed by atoms with Crippen LogP contribution >= 0.6 is 0 Å². The predicted octanol–water partition coefficient (Wildman–Crippen LogP) is 1.11. The van der Waals surface area contributed by atoms with Crippen molar-refractivity contribution in [2.45, 2.75) is 18.8 Å². The summed E-state index contributed by atoms with van der Waals surface area (Å²) in [6.07, 6.45) is 8.48. The molecule has 0 atom stereocenters. The molecule has 0 spiro atoms. The SMILES string of the molecule is Cn1cc(C(=O)N2CCC(c3[nH]nc4nccnc34)CC2)cn1. The Morgan fingerprint density at radius 3 is 2.78 bits per heavy atom. The third-order valence-corrected chi connectivity index (χ3v) is 4.36. The van der Waals surface area contributed by atoms with Gasteiger partial charge in [0, 0.05) is 44.6 Å². The molecule has 0 bridgehead atoms. The van der Waals surface area contributed by atoms with Crippen LogP contribution in [0.2, 0.25) is 0 Å². The molecule has 1 amide bonds. The van der Waals surface area contributed by atoms with Crippen molar-refractivity contribution in [3.63, 3.8) is 0 Å². The third kappa shape index (κ3) is 2.45. The maximum atomic E-state index is 12.4. The van der Waals surface area contributed by atoms with Crippen LogP contribution in [-0.2, 0) is 7.05 Å². The van der Waals surface area contributed by atoms with Crippen LogP contribution in [0.3, 0.4) is 0 Å². The number of carbonyl (C=O) groups is 1. The van der Waals surface area contributed by atoms with E-state index in [4.69, 9.17) is 0 Å². The molecule has 0 saturated carbocycles. The van der Waals surface area contributed by atoms with Gasteiger partial charge < -0.3 is 4.90 Å². The van der Waals surface area contributed by atoms with Crippen molar-refractivity contribution < 1.29 is 4.79 Å². The number of nitrogens with zero attached hydrogens (tertiary/aromatic N) is 6. The van der Waals surface area contributed by atoms with Gasteiger partial charge in [-0.1, -0.05) is 0 Å². The van der Waals surface area contributed by atoms with Gasteiger partial charge in [-0.2, -0.15) is 10.2 Å². The predicted molar refractivity (Wildman–Crippen MR) is 82.8 cm³/mol. The summed E-state index contributed by atoms with van der Waals surface area (Å²) in [5, 5.41) is 11.3. The van der Waals surface area contributed by atoms with Crippen LogP contribution < -0.4 is 0 Å². The number of hydrogen-bond acceptors (Lipinski definition) is 5. The molecule has 1 saturated heterocycles. The van der Waals surface area contributed by atoms with Crippen molar-refractivity contribution in [3.8, 4) is 0 Å². The van der Waals surface area contributed by atoms with E-state index in [1.165, 1.54) is 0 Å². The summed E-state index contributed by atoms with van der Waals surface area (Å²) < 4.78 is 1.65. The molecule has 118 valence electrons. The molecule has 1 N–H and O–H groups in total. The Labute approximate surface area is 132 Å². The Kier molecular flexibility index (Phi) is 3.29. The van der Waals surface area contributed by atoms with Gasteiger partial charge in [-0.3, -0.25) is 14.6 Å². The Balaban J connectivity index is 1.48. The maximum Gasteiger partial charge on any atom is 0.257 e. The Bertz CT molecular complexity index is 844. The molecule has 0 unspecified atom stereocenters. The van der Waals surface area contributed by atoms with Crippen LogP contribution in [0.1, 0.15) is 34.8 Å². The highest BCUT2D eigenvalue weighted by molar-refractivity contribution is 5.93. The summed E-state index contributed by atoms with van der Waals surface area (Å²) in [5.41, 5.74) is 3.16. The van der Waals surface area contributed by atoms with Gasteiger partial charge >= 0.3 is 0 Å². The van der Waals surface area contributed by atoms with E-state index in [1.54, 1.807) is 29.5 Å². The molecular weight excluding hydrogens is 294 g/mol. The first kappa shape index (κ1) is 13.9. The number of aryl methyl sites for hydroxylation is 1. The number of piperidine rings is 1. The van der Waals surface area contributed by atoms with Crippen molar-refractivity contribution >= 4 is 17.1 Å². The van der Waals surface area contributed by atoms with Crippen LogP contribution in [-0.4, -0.2) is 53.8 Å². The number of aromatic amines is 1. The summed E-state index contributed by atoms with van der Waals surface area (Å²) in [4.78, 5) is 22.9. The summed E-state index contributed by atoms with van der Waals surface area (Å²) in [5.74, 6) is 0.375.